The average molecular weight is 204 g/mol. The fourth-order valence-electron chi connectivity index (χ4n) is 1.55. The topological polar surface area (TPSA) is 18.5 Å². The molecule has 0 aromatic heterocycles. The maximum Gasteiger partial charge on any atom is 0.118 e. The fourth-order valence-corrected chi connectivity index (χ4v) is 1.55. The van der Waals surface area contributed by atoms with E-state index >= 15 is 0 Å². The van der Waals surface area contributed by atoms with Crippen LogP contribution in [0.5, 0.6) is 0 Å². The van der Waals surface area contributed by atoms with Crippen LogP contribution in [0, 0.1) is 0 Å². The maximum absolute atomic E-state index is 5.57. The fraction of sp³-hybridized carbons (Fsp3) is 0.385. The summed E-state index contributed by atoms with van der Waals surface area (Å²) in [7, 11) is 0. The number of rotatable bonds is 4. The Balaban J connectivity index is 1.73. The Kier molecular flexibility index (Phi) is 3.80. The lowest BCUT2D eigenvalue weighted by Crippen LogP contribution is -2.07. The smallest absolute Gasteiger partial charge is 0.118 e. The van der Waals surface area contributed by atoms with Crippen LogP contribution in [0.3, 0.4) is 0 Å². The highest BCUT2D eigenvalue weighted by Crippen LogP contribution is 2.10. The second-order valence-electron chi connectivity index (χ2n) is 3.64. The van der Waals surface area contributed by atoms with E-state index in [-0.39, 0.29) is 0 Å². The standard InChI is InChI=1S/C13H16O2/c1-2-6-12(7-3-1)10-14-11-13-8-4-5-9-15-13/h1-3,6-8H,4-5,9-11H2. The van der Waals surface area contributed by atoms with Gasteiger partial charge in [0.25, 0.3) is 0 Å². The van der Waals surface area contributed by atoms with Crippen molar-refractivity contribution < 1.29 is 9.47 Å². The molecule has 0 aliphatic carbocycles. The molecule has 1 aromatic carbocycles. The summed E-state index contributed by atoms with van der Waals surface area (Å²) in [6.45, 7) is 2.08. The van der Waals surface area contributed by atoms with Crippen LogP contribution < -0.4 is 0 Å². The van der Waals surface area contributed by atoms with Crippen molar-refractivity contribution in [2.45, 2.75) is 19.4 Å². The monoisotopic (exact) mass is 204 g/mol. The highest BCUT2D eigenvalue weighted by atomic mass is 16.5. The Morgan fingerprint density at radius 3 is 2.73 bits per heavy atom. The molecule has 2 heteroatoms. The molecule has 1 aliphatic rings. The lowest BCUT2D eigenvalue weighted by molar-refractivity contribution is 0.0817. The van der Waals surface area contributed by atoms with Gasteiger partial charge in [0.1, 0.15) is 12.4 Å². The molecular formula is C13H16O2. The molecule has 1 aromatic rings. The Morgan fingerprint density at radius 1 is 1.13 bits per heavy atom. The highest BCUT2D eigenvalue weighted by molar-refractivity contribution is 5.13. The van der Waals surface area contributed by atoms with E-state index in [0.29, 0.717) is 13.2 Å². The minimum absolute atomic E-state index is 0.592. The Labute approximate surface area is 90.5 Å². The van der Waals surface area contributed by atoms with Crippen LogP contribution in [0.4, 0.5) is 0 Å². The van der Waals surface area contributed by atoms with Crippen molar-refractivity contribution in [1.29, 1.82) is 0 Å². The Morgan fingerprint density at radius 2 is 2.00 bits per heavy atom. The van der Waals surface area contributed by atoms with E-state index in [2.05, 4.69) is 18.2 Å². The third-order valence-corrected chi connectivity index (χ3v) is 2.36. The van der Waals surface area contributed by atoms with Gasteiger partial charge in [-0.15, -0.1) is 0 Å². The summed E-state index contributed by atoms with van der Waals surface area (Å²) in [5.41, 5.74) is 1.20. The molecule has 0 fully saturated rings. The van der Waals surface area contributed by atoms with Gasteiger partial charge in [0.2, 0.25) is 0 Å². The van der Waals surface area contributed by atoms with Crippen molar-refractivity contribution in [3.05, 3.63) is 47.7 Å². The lowest BCUT2D eigenvalue weighted by Gasteiger charge is -2.14. The van der Waals surface area contributed by atoms with E-state index in [0.717, 1.165) is 25.2 Å². The molecular weight excluding hydrogens is 188 g/mol. The second-order valence-corrected chi connectivity index (χ2v) is 3.64. The molecule has 0 amide bonds. The maximum atomic E-state index is 5.57. The first-order valence-electron chi connectivity index (χ1n) is 5.38. The van der Waals surface area contributed by atoms with Gasteiger partial charge in [-0.2, -0.15) is 0 Å². The average Bonchev–Trinajstić information content (AvgIpc) is 2.32. The van der Waals surface area contributed by atoms with E-state index < -0.39 is 0 Å². The molecule has 1 aliphatic heterocycles. The van der Waals surface area contributed by atoms with Crippen LogP contribution in [0.1, 0.15) is 18.4 Å². The summed E-state index contributed by atoms with van der Waals surface area (Å²) in [6, 6.07) is 10.2. The van der Waals surface area contributed by atoms with Gasteiger partial charge in [0.15, 0.2) is 0 Å². The molecule has 0 radical (unpaired) electrons. The van der Waals surface area contributed by atoms with Gasteiger partial charge in [-0.3, -0.25) is 0 Å². The summed E-state index contributed by atoms with van der Waals surface area (Å²) >= 11 is 0. The largest absolute Gasteiger partial charge is 0.496 e. The minimum atomic E-state index is 0.592. The predicted octanol–water partition coefficient (Wildman–Crippen LogP) is 2.90. The van der Waals surface area contributed by atoms with Crippen molar-refractivity contribution in [3.8, 4) is 0 Å². The third kappa shape index (κ3) is 3.40. The zero-order valence-corrected chi connectivity index (χ0v) is 8.82. The molecule has 0 saturated carbocycles. The molecule has 0 N–H and O–H groups in total. The Hall–Kier alpha value is -1.28. The molecule has 0 unspecified atom stereocenters. The number of allylic oxidation sites excluding steroid dienone is 1. The van der Waals surface area contributed by atoms with Gasteiger partial charge in [0.05, 0.1) is 13.2 Å². The molecule has 80 valence electrons. The molecule has 1 heterocycles. The van der Waals surface area contributed by atoms with Crippen LogP contribution in [0.25, 0.3) is 0 Å². The summed E-state index contributed by atoms with van der Waals surface area (Å²) in [4.78, 5) is 0. The zero-order valence-electron chi connectivity index (χ0n) is 8.82. The van der Waals surface area contributed by atoms with Gasteiger partial charge in [-0.1, -0.05) is 30.3 Å². The number of hydrogen-bond acceptors (Lipinski definition) is 2. The van der Waals surface area contributed by atoms with E-state index in [4.69, 9.17) is 9.47 Å². The van der Waals surface area contributed by atoms with E-state index in [1.54, 1.807) is 0 Å². The van der Waals surface area contributed by atoms with Gasteiger partial charge >= 0.3 is 0 Å². The van der Waals surface area contributed by atoms with Crippen molar-refractivity contribution in [1.82, 2.24) is 0 Å². The number of ether oxygens (including phenoxy) is 2. The zero-order chi connectivity index (χ0) is 10.3. The second kappa shape index (κ2) is 5.56. The Bertz CT molecular complexity index is 317. The van der Waals surface area contributed by atoms with Crippen LogP contribution >= 0.6 is 0 Å². The SMILES string of the molecule is C1=C(COCc2ccccc2)OCCC1. The molecule has 15 heavy (non-hydrogen) atoms. The highest BCUT2D eigenvalue weighted by Gasteiger charge is 2.03. The summed E-state index contributed by atoms with van der Waals surface area (Å²) in [6.07, 6.45) is 4.36. The molecule has 0 atom stereocenters. The van der Waals surface area contributed by atoms with Crippen LogP contribution in [0.15, 0.2) is 42.2 Å². The summed E-state index contributed by atoms with van der Waals surface area (Å²) < 4.78 is 11.0. The van der Waals surface area contributed by atoms with E-state index in [1.807, 2.05) is 18.2 Å². The summed E-state index contributed by atoms with van der Waals surface area (Å²) in [5.74, 6) is 0.984. The molecule has 2 rings (SSSR count). The molecule has 0 bridgehead atoms. The van der Waals surface area contributed by atoms with Crippen molar-refractivity contribution in [3.63, 3.8) is 0 Å². The number of hydrogen-bond donors (Lipinski definition) is 0. The van der Waals surface area contributed by atoms with Crippen molar-refractivity contribution >= 4 is 0 Å². The van der Waals surface area contributed by atoms with Crippen molar-refractivity contribution in [2.75, 3.05) is 13.2 Å². The minimum Gasteiger partial charge on any atom is -0.496 e. The van der Waals surface area contributed by atoms with E-state index in [1.165, 1.54) is 5.56 Å². The van der Waals surface area contributed by atoms with Gasteiger partial charge in [-0.05, 0) is 24.5 Å². The first-order chi connectivity index (χ1) is 7.45. The summed E-state index contributed by atoms with van der Waals surface area (Å²) in [5, 5.41) is 0. The predicted molar refractivity (Wildman–Crippen MR) is 59.4 cm³/mol. The van der Waals surface area contributed by atoms with E-state index in [9.17, 15) is 0 Å². The van der Waals surface area contributed by atoms with Gasteiger partial charge in [0, 0.05) is 0 Å². The molecule has 2 nitrogen and oxygen atoms in total. The number of benzene rings is 1. The lowest BCUT2D eigenvalue weighted by atomic mass is 10.2. The van der Waals surface area contributed by atoms with Crippen LogP contribution in [-0.2, 0) is 16.1 Å². The first-order valence-corrected chi connectivity index (χ1v) is 5.38. The van der Waals surface area contributed by atoms with Gasteiger partial charge in [-0.25, -0.2) is 0 Å². The van der Waals surface area contributed by atoms with Crippen LogP contribution in [0.2, 0.25) is 0 Å². The van der Waals surface area contributed by atoms with Gasteiger partial charge < -0.3 is 9.47 Å². The third-order valence-electron chi connectivity index (χ3n) is 2.36. The first kappa shape index (κ1) is 10.2. The van der Waals surface area contributed by atoms with Crippen molar-refractivity contribution in [2.24, 2.45) is 0 Å². The quantitative estimate of drug-likeness (QED) is 0.750. The van der Waals surface area contributed by atoms with Crippen LogP contribution in [-0.4, -0.2) is 13.2 Å². The molecule has 0 saturated heterocycles. The normalized spacial score (nSPS) is 15.6. The molecule has 0 spiro atoms.